The molecule has 0 bridgehead atoms. The summed E-state index contributed by atoms with van der Waals surface area (Å²) in [5, 5.41) is 2.78. The molecule has 0 aliphatic rings. The van der Waals surface area contributed by atoms with Crippen LogP contribution in [0.3, 0.4) is 0 Å². The molecular formula is C12H14Br2N2O2. The molecule has 0 radical (unpaired) electrons. The predicted octanol–water partition coefficient (Wildman–Crippen LogP) is 2.60. The topological polar surface area (TPSA) is 72.2 Å². The van der Waals surface area contributed by atoms with Crippen LogP contribution >= 0.6 is 31.9 Å². The van der Waals surface area contributed by atoms with Gasteiger partial charge in [0.1, 0.15) is 0 Å². The lowest BCUT2D eigenvalue weighted by Gasteiger charge is -2.25. The molecule has 1 rings (SSSR count). The van der Waals surface area contributed by atoms with Gasteiger partial charge in [0, 0.05) is 20.9 Å². The molecule has 0 atom stereocenters. The van der Waals surface area contributed by atoms with Crippen LogP contribution in [-0.2, 0) is 4.79 Å². The second-order valence-electron chi connectivity index (χ2n) is 4.61. The molecule has 0 saturated carbocycles. The first-order valence-corrected chi connectivity index (χ1v) is 6.86. The van der Waals surface area contributed by atoms with Crippen molar-refractivity contribution >= 4 is 43.7 Å². The Morgan fingerprint density at radius 1 is 1.33 bits per heavy atom. The molecule has 3 N–H and O–H groups in total. The average Bonchev–Trinajstić information content (AvgIpc) is 2.18. The highest BCUT2D eigenvalue weighted by atomic mass is 79.9. The van der Waals surface area contributed by atoms with Gasteiger partial charge in [0.25, 0.3) is 5.91 Å². The number of hydrogen-bond donors (Lipinski definition) is 2. The standard InChI is InChI=1S/C12H14Br2N2O2/c1-12(2,6-10(15)17)16-11(18)8-5-7(13)3-4-9(8)14/h3-5H,6H2,1-2H3,(H2,15,17)(H,16,18). The summed E-state index contributed by atoms with van der Waals surface area (Å²) in [7, 11) is 0. The minimum atomic E-state index is -0.676. The van der Waals surface area contributed by atoms with E-state index in [1.165, 1.54) is 0 Å². The van der Waals surface area contributed by atoms with Crippen LogP contribution in [0.1, 0.15) is 30.6 Å². The third-order valence-corrected chi connectivity index (χ3v) is 3.43. The maximum Gasteiger partial charge on any atom is 0.252 e. The zero-order chi connectivity index (χ0) is 13.9. The van der Waals surface area contributed by atoms with Crippen LogP contribution in [0.25, 0.3) is 0 Å². The SMILES string of the molecule is CC(C)(CC(N)=O)NC(=O)c1cc(Br)ccc1Br. The van der Waals surface area contributed by atoms with Gasteiger partial charge in [-0.2, -0.15) is 0 Å². The van der Waals surface area contributed by atoms with E-state index in [-0.39, 0.29) is 12.3 Å². The lowest BCUT2D eigenvalue weighted by atomic mass is 9.99. The first-order chi connectivity index (χ1) is 8.21. The molecular weight excluding hydrogens is 364 g/mol. The van der Waals surface area contributed by atoms with Crippen LogP contribution in [0.2, 0.25) is 0 Å². The molecule has 6 heteroatoms. The molecule has 4 nitrogen and oxygen atoms in total. The summed E-state index contributed by atoms with van der Waals surface area (Å²) < 4.78 is 1.50. The van der Waals surface area contributed by atoms with Crippen molar-refractivity contribution in [3.05, 3.63) is 32.7 Å². The highest BCUT2D eigenvalue weighted by molar-refractivity contribution is 9.11. The maximum atomic E-state index is 12.1. The number of halogens is 2. The Hall–Kier alpha value is -0.880. The van der Waals surface area contributed by atoms with Crippen molar-refractivity contribution in [1.29, 1.82) is 0 Å². The predicted molar refractivity (Wildman–Crippen MR) is 77.2 cm³/mol. The van der Waals surface area contributed by atoms with Gasteiger partial charge in [0.05, 0.1) is 5.56 Å². The van der Waals surface area contributed by atoms with Crippen molar-refractivity contribution in [2.24, 2.45) is 5.73 Å². The largest absolute Gasteiger partial charge is 0.370 e. The van der Waals surface area contributed by atoms with Gasteiger partial charge in [-0.15, -0.1) is 0 Å². The van der Waals surface area contributed by atoms with Crippen molar-refractivity contribution < 1.29 is 9.59 Å². The summed E-state index contributed by atoms with van der Waals surface area (Å²) in [5.41, 5.74) is 4.97. The number of carbonyl (C=O) groups is 2. The monoisotopic (exact) mass is 376 g/mol. The number of benzene rings is 1. The smallest absolute Gasteiger partial charge is 0.252 e. The van der Waals surface area contributed by atoms with Crippen LogP contribution in [-0.4, -0.2) is 17.4 Å². The number of carbonyl (C=O) groups excluding carboxylic acids is 2. The van der Waals surface area contributed by atoms with Crippen LogP contribution in [0, 0.1) is 0 Å². The Morgan fingerprint density at radius 2 is 1.94 bits per heavy atom. The van der Waals surface area contributed by atoms with Crippen molar-refractivity contribution in [3.8, 4) is 0 Å². The number of amides is 2. The van der Waals surface area contributed by atoms with Gasteiger partial charge in [0.15, 0.2) is 0 Å². The third-order valence-electron chi connectivity index (χ3n) is 2.24. The number of primary amides is 1. The molecule has 0 aromatic heterocycles. The van der Waals surface area contributed by atoms with Gasteiger partial charge < -0.3 is 11.1 Å². The fourth-order valence-electron chi connectivity index (χ4n) is 1.53. The minimum Gasteiger partial charge on any atom is -0.370 e. The molecule has 0 heterocycles. The van der Waals surface area contributed by atoms with E-state index in [1.807, 2.05) is 6.07 Å². The van der Waals surface area contributed by atoms with Gasteiger partial charge >= 0.3 is 0 Å². The fraction of sp³-hybridized carbons (Fsp3) is 0.333. The Bertz CT molecular complexity index is 487. The lowest BCUT2D eigenvalue weighted by molar-refractivity contribution is -0.119. The quantitative estimate of drug-likeness (QED) is 0.846. The second kappa shape index (κ2) is 5.84. The van der Waals surface area contributed by atoms with Crippen molar-refractivity contribution in [1.82, 2.24) is 5.32 Å². The van der Waals surface area contributed by atoms with Crippen LogP contribution in [0.15, 0.2) is 27.1 Å². The summed E-state index contributed by atoms with van der Waals surface area (Å²) in [5.74, 6) is -0.706. The van der Waals surface area contributed by atoms with Crippen LogP contribution in [0.4, 0.5) is 0 Å². The van der Waals surface area contributed by atoms with E-state index >= 15 is 0 Å². The van der Waals surface area contributed by atoms with Gasteiger partial charge in [-0.3, -0.25) is 9.59 Å². The van der Waals surface area contributed by atoms with E-state index in [4.69, 9.17) is 5.73 Å². The molecule has 0 unspecified atom stereocenters. The molecule has 18 heavy (non-hydrogen) atoms. The first-order valence-electron chi connectivity index (χ1n) is 5.27. The highest BCUT2D eigenvalue weighted by Crippen LogP contribution is 2.22. The lowest BCUT2D eigenvalue weighted by Crippen LogP contribution is -2.46. The second-order valence-corrected chi connectivity index (χ2v) is 6.38. The molecule has 0 aliphatic carbocycles. The van der Waals surface area contributed by atoms with E-state index in [2.05, 4.69) is 37.2 Å². The fourth-order valence-corrected chi connectivity index (χ4v) is 2.31. The first kappa shape index (κ1) is 15.2. The summed E-state index contributed by atoms with van der Waals surface area (Å²) in [4.78, 5) is 23.0. The van der Waals surface area contributed by atoms with E-state index in [1.54, 1.807) is 26.0 Å². The Labute approximate surface area is 123 Å². The van der Waals surface area contributed by atoms with Gasteiger partial charge in [0.2, 0.25) is 5.91 Å². The Morgan fingerprint density at radius 3 is 2.50 bits per heavy atom. The van der Waals surface area contributed by atoms with Gasteiger partial charge in [-0.1, -0.05) is 15.9 Å². The van der Waals surface area contributed by atoms with E-state index < -0.39 is 11.4 Å². The molecule has 98 valence electrons. The summed E-state index contributed by atoms with van der Waals surface area (Å²) >= 11 is 6.63. The zero-order valence-electron chi connectivity index (χ0n) is 10.1. The minimum absolute atomic E-state index is 0.0877. The van der Waals surface area contributed by atoms with E-state index in [9.17, 15) is 9.59 Å². The molecule has 0 fully saturated rings. The molecule has 0 spiro atoms. The van der Waals surface area contributed by atoms with E-state index in [0.717, 1.165) is 4.47 Å². The zero-order valence-corrected chi connectivity index (χ0v) is 13.3. The summed E-state index contributed by atoms with van der Waals surface area (Å²) in [6.07, 6.45) is 0.0877. The molecule has 0 aliphatic heterocycles. The van der Waals surface area contributed by atoms with Gasteiger partial charge in [-0.25, -0.2) is 0 Å². The molecule has 1 aromatic carbocycles. The van der Waals surface area contributed by atoms with Crippen molar-refractivity contribution in [2.45, 2.75) is 25.8 Å². The summed E-state index contributed by atoms with van der Waals surface area (Å²) in [6.45, 7) is 3.50. The average molecular weight is 378 g/mol. The third kappa shape index (κ3) is 4.42. The number of nitrogens with two attached hydrogens (primary N) is 1. The van der Waals surface area contributed by atoms with Crippen molar-refractivity contribution in [2.75, 3.05) is 0 Å². The normalized spacial score (nSPS) is 11.1. The Kier molecular flexibility index (Phi) is 4.92. The van der Waals surface area contributed by atoms with Crippen molar-refractivity contribution in [3.63, 3.8) is 0 Å². The maximum absolute atomic E-state index is 12.1. The van der Waals surface area contributed by atoms with Gasteiger partial charge in [-0.05, 0) is 48.0 Å². The number of hydrogen-bond acceptors (Lipinski definition) is 2. The number of rotatable bonds is 4. The summed E-state index contributed by atoms with van der Waals surface area (Å²) in [6, 6.07) is 5.31. The van der Waals surface area contributed by atoms with Crippen LogP contribution in [0.5, 0.6) is 0 Å². The Balaban J connectivity index is 2.88. The van der Waals surface area contributed by atoms with E-state index in [0.29, 0.717) is 10.0 Å². The molecule has 2 amide bonds. The molecule has 0 saturated heterocycles. The highest BCUT2D eigenvalue weighted by Gasteiger charge is 2.24. The molecule has 1 aromatic rings. The van der Waals surface area contributed by atoms with Crippen LogP contribution < -0.4 is 11.1 Å². The number of nitrogens with one attached hydrogen (secondary N) is 1.